The molecule has 0 N–H and O–H groups in total. The molecule has 3 heterocycles. The minimum atomic E-state index is 0.636. The second-order valence-corrected chi connectivity index (χ2v) is 13.8. The van der Waals surface area contributed by atoms with Gasteiger partial charge in [-0.25, -0.2) is 9.97 Å². The summed E-state index contributed by atoms with van der Waals surface area (Å²) in [6.45, 7) is 0. The summed E-state index contributed by atoms with van der Waals surface area (Å²) in [5, 5.41) is 7.20. The van der Waals surface area contributed by atoms with Gasteiger partial charge in [0.1, 0.15) is 0 Å². The maximum Gasteiger partial charge on any atom is 0.235 e. The van der Waals surface area contributed by atoms with Gasteiger partial charge in [-0.05, 0) is 52.2 Å². The van der Waals surface area contributed by atoms with Crippen LogP contribution in [0.5, 0.6) is 0 Å². The zero-order chi connectivity index (χ0) is 35.6. The average Bonchev–Trinajstić information content (AvgIpc) is 3.77. The molecule has 4 nitrogen and oxygen atoms in total. The van der Waals surface area contributed by atoms with E-state index in [2.05, 4.69) is 191 Å². The molecule has 0 atom stereocenters. The molecule has 0 aliphatic heterocycles. The van der Waals surface area contributed by atoms with Crippen molar-refractivity contribution in [2.75, 3.05) is 0 Å². The van der Waals surface area contributed by atoms with Crippen LogP contribution >= 0.6 is 0 Å². The van der Waals surface area contributed by atoms with E-state index in [1.807, 2.05) is 12.1 Å². The first kappa shape index (κ1) is 30.3. The van der Waals surface area contributed by atoms with Crippen molar-refractivity contribution in [3.8, 4) is 45.3 Å². The van der Waals surface area contributed by atoms with Crippen LogP contribution in [0.3, 0.4) is 0 Å². The van der Waals surface area contributed by atoms with Crippen molar-refractivity contribution in [2.24, 2.45) is 0 Å². The minimum Gasteiger partial charge on any atom is -0.307 e. The Hall–Kier alpha value is -7.30. The summed E-state index contributed by atoms with van der Waals surface area (Å²) < 4.78 is 4.71. The van der Waals surface area contributed by atoms with Crippen molar-refractivity contribution in [2.45, 2.75) is 0 Å². The van der Waals surface area contributed by atoms with Gasteiger partial charge in [-0.15, -0.1) is 0 Å². The molecular formula is C50H32N4. The highest BCUT2D eigenvalue weighted by atomic mass is 15.2. The first-order valence-electron chi connectivity index (χ1n) is 18.3. The zero-order valence-electron chi connectivity index (χ0n) is 29.3. The van der Waals surface area contributed by atoms with E-state index in [1.165, 1.54) is 32.7 Å². The molecule has 11 aromatic rings. The summed E-state index contributed by atoms with van der Waals surface area (Å²) in [4.78, 5) is 10.7. The van der Waals surface area contributed by atoms with Crippen LogP contribution < -0.4 is 0 Å². The van der Waals surface area contributed by atoms with Gasteiger partial charge in [0.25, 0.3) is 0 Å². The van der Waals surface area contributed by atoms with Crippen LogP contribution in [0.15, 0.2) is 194 Å². The summed E-state index contributed by atoms with van der Waals surface area (Å²) in [7, 11) is 0. The van der Waals surface area contributed by atoms with Crippen LogP contribution in [-0.2, 0) is 0 Å². The monoisotopic (exact) mass is 688 g/mol. The Balaban J connectivity index is 1.22. The SMILES string of the molecule is c1ccc(-c2cc(-c3ccccc3)nc(-n3c4ccccc4c4ccc5c6ccccc6n(-c6ccc(-c7cccc8ccccc78)cc6)c5c43)n2)cc1. The molecule has 0 saturated carbocycles. The van der Waals surface area contributed by atoms with Gasteiger partial charge in [-0.2, -0.15) is 0 Å². The molecule has 252 valence electrons. The van der Waals surface area contributed by atoms with E-state index in [1.54, 1.807) is 0 Å². The number of fused-ring (bicyclic) bond motifs is 8. The Morgan fingerprint density at radius 3 is 1.46 bits per heavy atom. The van der Waals surface area contributed by atoms with Gasteiger partial charge in [-0.1, -0.05) is 164 Å². The predicted octanol–water partition coefficient (Wildman–Crippen LogP) is 12.8. The molecule has 3 aromatic heterocycles. The van der Waals surface area contributed by atoms with Crippen LogP contribution in [-0.4, -0.2) is 19.1 Å². The molecule has 11 rings (SSSR count). The van der Waals surface area contributed by atoms with Crippen LogP contribution in [0.4, 0.5) is 0 Å². The molecule has 0 saturated heterocycles. The van der Waals surface area contributed by atoms with E-state index in [9.17, 15) is 0 Å². The number of rotatable bonds is 5. The Kier molecular flexibility index (Phi) is 6.82. The first-order chi connectivity index (χ1) is 26.8. The van der Waals surface area contributed by atoms with E-state index >= 15 is 0 Å². The summed E-state index contributed by atoms with van der Waals surface area (Å²) in [6.07, 6.45) is 0. The Labute approximate surface area is 311 Å². The van der Waals surface area contributed by atoms with Gasteiger partial charge in [0.15, 0.2) is 0 Å². The van der Waals surface area contributed by atoms with Crippen molar-refractivity contribution >= 4 is 54.4 Å². The fourth-order valence-corrected chi connectivity index (χ4v) is 8.29. The van der Waals surface area contributed by atoms with Gasteiger partial charge in [0, 0.05) is 38.4 Å². The van der Waals surface area contributed by atoms with E-state index in [-0.39, 0.29) is 0 Å². The normalized spacial score (nSPS) is 11.7. The quantitative estimate of drug-likeness (QED) is 0.180. The zero-order valence-corrected chi connectivity index (χ0v) is 29.3. The molecule has 0 bridgehead atoms. The van der Waals surface area contributed by atoms with E-state index < -0.39 is 0 Å². The number of hydrogen-bond donors (Lipinski definition) is 0. The molecule has 0 aliphatic rings. The third kappa shape index (κ3) is 4.70. The first-order valence-corrected chi connectivity index (χ1v) is 18.3. The summed E-state index contributed by atoms with van der Waals surface area (Å²) in [5.74, 6) is 0.636. The Morgan fingerprint density at radius 1 is 0.333 bits per heavy atom. The summed E-state index contributed by atoms with van der Waals surface area (Å²) in [5.41, 5.74) is 11.8. The number of para-hydroxylation sites is 2. The lowest BCUT2D eigenvalue weighted by Crippen LogP contribution is -2.05. The van der Waals surface area contributed by atoms with Gasteiger partial charge < -0.3 is 4.57 Å². The highest BCUT2D eigenvalue weighted by Crippen LogP contribution is 2.42. The van der Waals surface area contributed by atoms with Gasteiger partial charge in [0.05, 0.1) is 33.5 Å². The maximum atomic E-state index is 5.35. The highest BCUT2D eigenvalue weighted by Gasteiger charge is 2.23. The smallest absolute Gasteiger partial charge is 0.235 e. The van der Waals surface area contributed by atoms with Crippen LogP contribution in [0.1, 0.15) is 0 Å². The molecule has 0 fully saturated rings. The number of aromatic nitrogens is 4. The van der Waals surface area contributed by atoms with Crippen molar-refractivity contribution in [3.05, 3.63) is 194 Å². The molecule has 8 aromatic carbocycles. The largest absolute Gasteiger partial charge is 0.307 e. The van der Waals surface area contributed by atoms with E-state index in [0.717, 1.165) is 61.0 Å². The van der Waals surface area contributed by atoms with Gasteiger partial charge in [-0.3, -0.25) is 4.57 Å². The highest BCUT2D eigenvalue weighted by molar-refractivity contribution is 6.23. The number of benzene rings is 8. The van der Waals surface area contributed by atoms with E-state index in [4.69, 9.17) is 9.97 Å². The molecule has 54 heavy (non-hydrogen) atoms. The predicted molar refractivity (Wildman–Crippen MR) is 225 cm³/mol. The lowest BCUT2D eigenvalue weighted by molar-refractivity contribution is 0.995. The fraction of sp³-hybridized carbons (Fsp3) is 0. The number of nitrogens with zero attached hydrogens (tertiary/aromatic N) is 4. The topological polar surface area (TPSA) is 35.6 Å². The third-order valence-corrected chi connectivity index (χ3v) is 10.7. The number of hydrogen-bond acceptors (Lipinski definition) is 2. The average molecular weight is 689 g/mol. The van der Waals surface area contributed by atoms with E-state index in [0.29, 0.717) is 5.95 Å². The molecule has 0 radical (unpaired) electrons. The molecule has 0 amide bonds. The molecule has 4 heteroatoms. The third-order valence-electron chi connectivity index (χ3n) is 10.7. The van der Waals surface area contributed by atoms with Crippen molar-refractivity contribution in [1.29, 1.82) is 0 Å². The second-order valence-electron chi connectivity index (χ2n) is 13.8. The van der Waals surface area contributed by atoms with Crippen LogP contribution in [0.2, 0.25) is 0 Å². The molecular weight excluding hydrogens is 657 g/mol. The van der Waals surface area contributed by atoms with Crippen LogP contribution in [0.25, 0.3) is 99.7 Å². The summed E-state index contributed by atoms with van der Waals surface area (Å²) >= 11 is 0. The van der Waals surface area contributed by atoms with Crippen LogP contribution in [0, 0.1) is 0 Å². The van der Waals surface area contributed by atoms with Gasteiger partial charge >= 0.3 is 0 Å². The Bertz CT molecular complexity index is 3130. The van der Waals surface area contributed by atoms with Crippen molar-refractivity contribution < 1.29 is 0 Å². The molecule has 0 aliphatic carbocycles. The second kappa shape index (κ2) is 12.1. The van der Waals surface area contributed by atoms with Gasteiger partial charge in [0.2, 0.25) is 5.95 Å². The lowest BCUT2D eigenvalue weighted by atomic mass is 9.98. The fourth-order valence-electron chi connectivity index (χ4n) is 8.29. The van der Waals surface area contributed by atoms with Crippen molar-refractivity contribution in [3.63, 3.8) is 0 Å². The molecule has 0 spiro atoms. The molecule has 0 unspecified atom stereocenters. The summed E-state index contributed by atoms with van der Waals surface area (Å²) in [6, 6.07) is 69.0. The Morgan fingerprint density at radius 2 is 0.833 bits per heavy atom. The minimum absolute atomic E-state index is 0.636. The standard InChI is InChI=1S/C50H32N4/c1-3-15-35(16-4-1)44-32-45(36-17-5-2-6-18-36)52-50(51-44)54-47-25-12-10-22-41(47)43-31-30-42-40-21-9-11-24-46(40)53(48(42)49(43)54)37-28-26-34(27-29-37)39-23-13-19-33-14-7-8-20-38(33)39/h1-32H. The van der Waals surface area contributed by atoms with Crippen molar-refractivity contribution in [1.82, 2.24) is 19.1 Å². The maximum absolute atomic E-state index is 5.35. The lowest BCUT2D eigenvalue weighted by Gasteiger charge is -2.14.